The van der Waals surface area contributed by atoms with Gasteiger partial charge in [-0.15, -0.1) is 0 Å². The average molecular weight is 1500 g/mol. The lowest BCUT2D eigenvalue weighted by molar-refractivity contribution is 0.524. The summed E-state index contributed by atoms with van der Waals surface area (Å²) in [5.74, 6) is 2.01. The lowest BCUT2D eigenvalue weighted by atomic mass is 9.75. The lowest BCUT2D eigenvalue weighted by Crippen LogP contribution is -2.21. The van der Waals surface area contributed by atoms with Gasteiger partial charge in [-0.1, -0.05) is 268 Å². The first-order valence-electron chi connectivity index (χ1n) is 39.0. The van der Waals surface area contributed by atoms with E-state index in [1.54, 1.807) is 6.07 Å². The van der Waals surface area contributed by atoms with Crippen molar-refractivity contribution < 1.29 is 8.81 Å². The first kappa shape index (κ1) is 83.2. The zero-order chi connectivity index (χ0) is 80.9. The third kappa shape index (κ3) is 20.8. The number of pyridine rings is 1. The van der Waals surface area contributed by atoms with Crippen molar-refractivity contribution in [1.82, 2.24) is 39.9 Å². The molecule has 5 N–H and O–H groups in total. The fraction of sp³-hybridized carbons (Fsp3) is 0.330. The number of hydrogen-bond donors (Lipinski definition) is 5. The summed E-state index contributed by atoms with van der Waals surface area (Å²) in [5.41, 5.74) is 24.1. The summed E-state index contributed by atoms with van der Waals surface area (Å²) >= 11 is 6.23. The molecule has 578 valence electrons. The van der Waals surface area contributed by atoms with E-state index in [0.29, 0.717) is 11.8 Å². The molecule has 0 fully saturated rings. The molecule has 0 bridgehead atoms. The van der Waals surface area contributed by atoms with E-state index in [9.17, 15) is 4.39 Å². The molecule has 7 aromatic heterocycles. The smallest absolute Gasteiger partial charge is 0.227 e. The molecular weight excluding hydrogens is 1380 g/mol. The summed E-state index contributed by atoms with van der Waals surface area (Å²) in [5, 5.41) is 8.14. The molecule has 9 aromatic carbocycles. The number of nitrogens with one attached hydrogen (secondary N) is 5. The van der Waals surface area contributed by atoms with Gasteiger partial charge in [0.1, 0.15) is 17.2 Å². The van der Waals surface area contributed by atoms with Crippen molar-refractivity contribution in [3.8, 4) is 22.8 Å². The van der Waals surface area contributed by atoms with Crippen molar-refractivity contribution in [2.24, 2.45) is 0 Å². The molecule has 16 aromatic rings. The van der Waals surface area contributed by atoms with Gasteiger partial charge in [-0.05, 0) is 216 Å². The van der Waals surface area contributed by atoms with Gasteiger partial charge in [0.2, 0.25) is 5.89 Å². The highest BCUT2D eigenvalue weighted by atomic mass is 35.5. The first-order chi connectivity index (χ1) is 51.9. The number of aryl methyl sites for hydroxylation is 2. The third-order valence-corrected chi connectivity index (χ3v) is 20.5. The van der Waals surface area contributed by atoms with Gasteiger partial charge in [0, 0.05) is 96.4 Å². The van der Waals surface area contributed by atoms with Crippen LogP contribution in [-0.2, 0) is 37.9 Å². The second-order valence-corrected chi connectivity index (χ2v) is 37.4. The maximum atomic E-state index is 13.7. The Morgan fingerprint density at radius 2 is 0.901 bits per heavy atom. The molecule has 0 radical (unpaired) electrons. The van der Waals surface area contributed by atoms with Gasteiger partial charge in [-0.3, -0.25) is 4.98 Å². The predicted molar refractivity (Wildman–Crippen MR) is 475 cm³/mol. The van der Waals surface area contributed by atoms with Gasteiger partial charge < -0.3 is 29.3 Å². The van der Waals surface area contributed by atoms with Crippen LogP contribution >= 0.6 is 11.6 Å². The van der Waals surface area contributed by atoms with Crippen LogP contribution in [0.5, 0.6) is 0 Å². The largest absolute Gasteiger partial charge is 0.436 e. The second-order valence-electron chi connectivity index (χ2n) is 37.0. The van der Waals surface area contributed by atoms with Crippen LogP contribution in [0.1, 0.15) is 221 Å². The van der Waals surface area contributed by atoms with E-state index in [2.05, 4.69) is 314 Å². The van der Waals surface area contributed by atoms with Crippen LogP contribution in [0.15, 0.2) is 230 Å². The number of halogens is 2. The van der Waals surface area contributed by atoms with Gasteiger partial charge in [0.05, 0.1) is 11.0 Å². The Kier molecular flexibility index (Phi) is 25.0. The van der Waals surface area contributed by atoms with E-state index in [1.165, 1.54) is 88.2 Å². The maximum Gasteiger partial charge on any atom is 0.227 e. The molecule has 0 amide bonds. The molecule has 111 heavy (non-hydrogen) atoms. The number of rotatable bonds is 3. The van der Waals surface area contributed by atoms with E-state index in [1.807, 2.05) is 118 Å². The normalized spacial score (nSPS) is 12.2. The Balaban J connectivity index is 0.000000138. The zero-order valence-corrected chi connectivity index (χ0v) is 71.2. The van der Waals surface area contributed by atoms with E-state index in [0.717, 1.165) is 66.1 Å². The summed E-state index contributed by atoms with van der Waals surface area (Å²) < 4.78 is 19.6. The highest BCUT2D eigenvalue weighted by molar-refractivity contribution is 6.32. The van der Waals surface area contributed by atoms with Gasteiger partial charge in [0.25, 0.3) is 0 Å². The molecule has 0 unspecified atom stereocenters. The third-order valence-electron chi connectivity index (χ3n) is 20.2. The Morgan fingerprint density at radius 3 is 1.48 bits per heavy atom. The SMILES string of the molecule is CC(C)(C)c1cc2[nH]ccc2cc1Cl.CC(C)(C)c1cc2[nH]ccc2cc1F.CC(C)(C)c1cc2cc[nH]c2cc1C(C)(C)C.CC(C)(C)c1ccc2nc(-c3ccccc3)[nH]c2c1.CC(C)c1cc2ccccc2cn1.Cc1c[nH]c2cccc(C(C)(C)C)c12.Cc1ccccc1-c1nc2cc(C(C)(C)C)ccc2o1. The summed E-state index contributed by atoms with van der Waals surface area (Å²) in [7, 11) is 0. The number of hydrogen-bond acceptors (Lipinski definition) is 4. The number of oxazole rings is 1. The van der Waals surface area contributed by atoms with Crippen LogP contribution in [0.4, 0.5) is 4.39 Å². The Hall–Kier alpha value is -10.3. The van der Waals surface area contributed by atoms with Gasteiger partial charge in [-0.2, -0.15) is 0 Å². The number of benzene rings is 9. The molecular formula is C100H118ClFN8O. The summed E-state index contributed by atoms with van der Waals surface area (Å²) in [6.45, 7) is 54.9. The summed E-state index contributed by atoms with van der Waals surface area (Å²) in [6, 6.07) is 66.4. The fourth-order valence-corrected chi connectivity index (χ4v) is 14.0. The van der Waals surface area contributed by atoms with E-state index >= 15 is 0 Å². The second kappa shape index (κ2) is 33.3. The molecule has 7 heterocycles. The molecule has 0 aliphatic heterocycles. The molecule has 0 saturated heterocycles. The number of H-pyrrole nitrogens is 5. The predicted octanol–water partition coefficient (Wildman–Crippen LogP) is 29.2. The standard InChI is InChI=1S/C18H19NO.C17H18N2.C16H23N.C13H17N.C12H14ClN.C12H14FN.C12H13N/c1-12-7-5-6-8-14(12)17-19-15-11-13(18(2,3)4)9-10-16(15)20-17;1-17(2,3)13-9-10-14-15(11-13)19-16(18-14)12-7-5-4-6-8-12;1-15(2,3)12-9-11-7-8-17-14(11)10-13(12)16(4,5)6;1-9-8-14-11-7-5-6-10(12(9)11)13(2,3)4;2*1-12(2,3)9-7-11-8(4-5-14-11)6-10(9)13;1-9(2)12-7-10-5-3-4-6-11(10)8-13-12/h5-11H,1-4H3;4-11H,1-3H3,(H,18,19);7-10,17H,1-6H3;5-8,14H,1-4H3;2*4-7,14H,1-3H3;3-9H,1-2H3. The number of fused-ring (bicyclic) bond motifs is 7. The molecule has 0 saturated carbocycles. The van der Waals surface area contributed by atoms with Crippen molar-refractivity contribution >= 4 is 88.1 Å². The molecule has 0 spiro atoms. The van der Waals surface area contributed by atoms with Crippen LogP contribution in [0.2, 0.25) is 5.02 Å². The van der Waals surface area contributed by atoms with Gasteiger partial charge >= 0.3 is 0 Å². The maximum absolute atomic E-state index is 13.7. The summed E-state index contributed by atoms with van der Waals surface area (Å²) in [6.07, 6.45) is 9.82. The van der Waals surface area contributed by atoms with Crippen LogP contribution in [0, 0.1) is 19.7 Å². The van der Waals surface area contributed by atoms with E-state index < -0.39 is 0 Å². The highest BCUT2D eigenvalue weighted by Gasteiger charge is 2.27. The van der Waals surface area contributed by atoms with Gasteiger partial charge in [0.15, 0.2) is 5.58 Å². The van der Waals surface area contributed by atoms with Crippen molar-refractivity contribution in [3.63, 3.8) is 0 Å². The molecule has 9 nitrogen and oxygen atoms in total. The molecule has 0 atom stereocenters. The quantitative estimate of drug-likeness (QED) is 0.121. The van der Waals surface area contributed by atoms with Crippen LogP contribution in [-0.4, -0.2) is 39.9 Å². The Bertz CT molecular complexity index is 5660. The molecule has 0 aliphatic rings. The van der Waals surface area contributed by atoms with Crippen LogP contribution in [0.3, 0.4) is 0 Å². The van der Waals surface area contributed by atoms with Gasteiger partial charge in [-0.25, -0.2) is 14.4 Å². The van der Waals surface area contributed by atoms with E-state index in [4.69, 9.17) is 16.0 Å². The Morgan fingerprint density at radius 1 is 0.387 bits per heavy atom. The monoisotopic (exact) mass is 1500 g/mol. The average Bonchev–Trinajstić information content (AvgIpc) is 1.67. The summed E-state index contributed by atoms with van der Waals surface area (Å²) in [4.78, 5) is 30.0. The highest BCUT2D eigenvalue weighted by Crippen LogP contribution is 2.39. The minimum absolute atomic E-state index is 0.0936. The molecule has 16 rings (SSSR count). The van der Waals surface area contributed by atoms with Crippen molar-refractivity contribution in [2.45, 2.75) is 217 Å². The fourth-order valence-electron chi connectivity index (χ4n) is 13.6. The first-order valence-corrected chi connectivity index (χ1v) is 39.4. The lowest BCUT2D eigenvalue weighted by Gasteiger charge is -2.30. The molecule has 11 heteroatoms. The number of nitrogens with zero attached hydrogens (tertiary/aromatic N) is 3. The minimum atomic E-state index is -0.149. The number of imidazole rings is 1. The van der Waals surface area contributed by atoms with Crippen molar-refractivity contribution in [1.29, 1.82) is 0 Å². The van der Waals surface area contributed by atoms with Crippen molar-refractivity contribution in [3.05, 3.63) is 292 Å². The number of aromatic amines is 5. The van der Waals surface area contributed by atoms with Crippen molar-refractivity contribution in [2.75, 3.05) is 0 Å². The zero-order valence-electron chi connectivity index (χ0n) is 70.4. The van der Waals surface area contributed by atoms with E-state index in [-0.39, 0.29) is 43.7 Å². The Labute approximate surface area is 664 Å². The topological polar surface area (TPSA) is 131 Å². The van der Waals surface area contributed by atoms with Crippen LogP contribution < -0.4 is 0 Å². The minimum Gasteiger partial charge on any atom is -0.436 e. The molecule has 0 aliphatic carbocycles. The van der Waals surface area contributed by atoms with Crippen LogP contribution in [0.25, 0.3) is 99.4 Å². The number of aromatic nitrogens is 8.